The van der Waals surface area contributed by atoms with Crippen LogP contribution in [0.25, 0.3) is 0 Å². The Morgan fingerprint density at radius 1 is 1.47 bits per heavy atom. The highest BCUT2D eigenvalue weighted by molar-refractivity contribution is 7.99. The van der Waals surface area contributed by atoms with Crippen LogP contribution in [0.15, 0.2) is 5.16 Å². The molecule has 0 saturated heterocycles. The Hall–Kier alpha value is -1.04. The third kappa shape index (κ3) is 4.03. The number of unbranched alkanes of at least 4 members (excludes halogenated alkanes) is 1. The molecule has 0 aromatic carbocycles. The number of aryl methyl sites for hydroxylation is 1. The quantitative estimate of drug-likeness (QED) is 0.759. The molecule has 0 atom stereocenters. The second-order valence-electron chi connectivity index (χ2n) is 4.15. The second-order valence-corrected chi connectivity index (χ2v) is 5.09. The lowest BCUT2D eigenvalue weighted by molar-refractivity contribution is -0.133. The first-order valence-electron chi connectivity index (χ1n) is 5.84. The highest BCUT2D eigenvalue weighted by Gasteiger charge is 2.15. The van der Waals surface area contributed by atoms with Gasteiger partial charge in [0.1, 0.15) is 5.82 Å². The maximum Gasteiger partial charge on any atom is 0.313 e. The minimum Gasteiger partial charge on any atom is -0.481 e. The van der Waals surface area contributed by atoms with Crippen molar-refractivity contribution in [3.05, 3.63) is 5.82 Å². The lowest BCUT2D eigenvalue weighted by Gasteiger charge is -2.12. The van der Waals surface area contributed by atoms with Crippen molar-refractivity contribution in [1.82, 2.24) is 14.8 Å². The maximum absolute atomic E-state index is 10.6. The van der Waals surface area contributed by atoms with E-state index in [4.69, 9.17) is 5.11 Å². The molecule has 0 saturated carbocycles. The number of aliphatic carboxylic acids is 1. The van der Waals surface area contributed by atoms with Gasteiger partial charge in [-0.25, -0.2) is 0 Å². The molecule has 96 valence electrons. The highest BCUT2D eigenvalue weighted by atomic mass is 32.2. The molecule has 1 aromatic heterocycles. The molecule has 0 unspecified atom stereocenters. The van der Waals surface area contributed by atoms with E-state index in [1.54, 1.807) is 0 Å². The molecule has 0 aliphatic heterocycles. The molecule has 1 N–H and O–H groups in total. The zero-order valence-corrected chi connectivity index (χ0v) is 11.3. The number of hydrogen-bond acceptors (Lipinski definition) is 4. The summed E-state index contributed by atoms with van der Waals surface area (Å²) in [7, 11) is 0. The van der Waals surface area contributed by atoms with Gasteiger partial charge in [-0.05, 0) is 20.3 Å². The number of aromatic nitrogens is 3. The second kappa shape index (κ2) is 6.64. The Labute approximate surface area is 106 Å². The van der Waals surface area contributed by atoms with Gasteiger partial charge in [0.15, 0.2) is 5.16 Å². The number of carboxylic acids is 1. The average molecular weight is 257 g/mol. The Balaban J connectivity index is 2.82. The van der Waals surface area contributed by atoms with E-state index < -0.39 is 5.97 Å². The van der Waals surface area contributed by atoms with E-state index in [0.717, 1.165) is 25.1 Å². The van der Waals surface area contributed by atoms with Gasteiger partial charge in [0.25, 0.3) is 0 Å². The van der Waals surface area contributed by atoms with Gasteiger partial charge in [0, 0.05) is 12.5 Å². The normalized spacial score (nSPS) is 11.1. The van der Waals surface area contributed by atoms with Gasteiger partial charge in [0.05, 0.1) is 5.75 Å². The van der Waals surface area contributed by atoms with Crippen LogP contribution in [0.2, 0.25) is 0 Å². The fourth-order valence-corrected chi connectivity index (χ4v) is 2.36. The third-order valence-electron chi connectivity index (χ3n) is 2.33. The van der Waals surface area contributed by atoms with Gasteiger partial charge < -0.3 is 9.67 Å². The fraction of sp³-hybridized carbons (Fsp3) is 0.727. The van der Waals surface area contributed by atoms with E-state index in [1.165, 1.54) is 11.8 Å². The molecule has 17 heavy (non-hydrogen) atoms. The summed E-state index contributed by atoms with van der Waals surface area (Å²) in [6.07, 6.45) is 3.09. The highest BCUT2D eigenvalue weighted by Crippen LogP contribution is 2.22. The monoisotopic (exact) mass is 257 g/mol. The molecule has 0 bridgehead atoms. The minimum absolute atomic E-state index is 0.0264. The molecule has 0 spiro atoms. The van der Waals surface area contributed by atoms with Crippen molar-refractivity contribution in [3.8, 4) is 0 Å². The van der Waals surface area contributed by atoms with E-state index in [2.05, 4.69) is 31.0 Å². The Morgan fingerprint density at radius 2 is 2.18 bits per heavy atom. The number of nitrogens with zero attached hydrogens (tertiary/aromatic N) is 3. The molecule has 0 amide bonds. The largest absolute Gasteiger partial charge is 0.481 e. The van der Waals surface area contributed by atoms with E-state index in [-0.39, 0.29) is 11.8 Å². The molecule has 1 aromatic rings. The lowest BCUT2D eigenvalue weighted by Crippen LogP contribution is -2.09. The zero-order valence-electron chi connectivity index (χ0n) is 10.5. The van der Waals surface area contributed by atoms with E-state index in [9.17, 15) is 4.79 Å². The van der Waals surface area contributed by atoms with Crippen LogP contribution in [-0.2, 0) is 11.2 Å². The molecule has 6 heteroatoms. The van der Waals surface area contributed by atoms with Crippen LogP contribution in [-0.4, -0.2) is 31.6 Å². The zero-order chi connectivity index (χ0) is 12.8. The van der Waals surface area contributed by atoms with E-state index in [0.29, 0.717) is 5.16 Å². The van der Waals surface area contributed by atoms with Gasteiger partial charge in [-0.1, -0.05) is 25.1 Å². The van der Waals surface area contributed by atoms with Crippen LogP contribution in [0.1, 0.15) is 45.5 Å². The Bertz CT molecular complexity index is 377. The van der Waals surface area contributed by atoms with Crippen LogP contribution < -0.4 is 0 Å². The number of thioether (sulfide) groups is 1. The van der Waals surface area contributed by atoms with Crippen molar-refractivity contribution >= 4 is 17.7 Å². The minimum atomic E-state index is -0.830. The molecular weight excluding hydrogens is 238 g/mol. The van der Waals surface area contributed by atoms with Crippen LogP contribution in [0, 0.1) is 0 Å². The molecule has 5 nitrogen and oxygen atoms in total. The first kappa shape index (κ1) is 14.0. The number of rotatable bonds is 7. The number of carbonyl (C=O) groups is 1. The summed E-state index contributed by atoms with van der Waals surface area (Å²) in [5.41, 5.74) is 0. The van der Waals surface area contributed by atoms with Crippen LogP contribution in [0.4, 0.5) is 0 Å². The van der Waals surface area contributed by atoms with E-state index in [1.807, 2.05) is 4.57 Å². The predicted molar refractivity (Wildman–Crippen MR) is 67.4 cm³/mol. The van der Waals surface area contributed by atoms with Gasteiger partial charge in [-0.3, -0.25) is 4.79 Å². The molecule has 0 aliphatic carbocycles. The summed E-state index contributed by atoms with van der Waals surface area (Å²) in [4.78, 5) is 10.6. The topological polar surface area (TPSA) is 68.0 Å². The van der Waals surface area contributed by atoms with Crippen molar-refractivity contribution in [2.45, 2.75) is 51.2 Å². The lowest BCUT2D eigenvalue weighted by atomic mass is 10.2. The molecule has 1 rings (SSSR count). The fourth-order valence-electron chi connectivity index (χ4n) is 1.56. The van der Waals surface area contributed by atoms with Gasteiger partial charge in [0.2, 0.25) is 0 Å². The van der Waals surface area contributed by atoms with Crippen molar-refractivity contribution in [2.24, 2.45) is 0 Å². The van der Waals surface area contributed by atoms with Crippen molar-refractivity contribution < 1.29 is 9.90 Å². The Morgan fingerprint density at radius 3 is 2.71 bits per heavy atom. The van der Waals surface area contributed by atoms with Crippen molar-refractivity contribution in [3.63, 3.8) is 0 Å². The smallest absolute Gasteiger partial charge is 0.313 e. The summed E-state index contributed by atoms with van der Waals surface area (Å²) < 4.78 is 2.03. The summed E-state index contributed by atoms with van der Waals surface area (Å²) in [6, 6.07) is 0.258. The molecule has 0 fully saturated rings. The van der Waals surface area contributed by atoms with Crippen LogP contribution in [0.5, 0.6) is 0 Å². The molecule has 0 radical (unpaired) electrons. The first-order valence-corrected chi connectivity index (χ1v) is 6.83. The summed E-state index contributed by atoms with van der Waals surface area (Å²) in [5.74, 6) is 0.150. The SMILES string of the molecule is CCCCc1nnc(SCC(=O)O)n1C(C)C. The average Bonchev–Trinajstić information content (AvgIpc) is 2.66. The number of carboxylic acid groups (broad SMARTS) is 1. The van der Waals surface area contributed by atoms with Gasteiger partial charge in [-0.2, -0.15) is 0 Å². The van der Waals surface area contributed by atoms with Crippen molar-refractivity contribution in [2.75, 3.05) is 5.75 Å². The third-order valence-corrected chi connectivity index (χ3v) is 3.26. The summed E-state index contributed by atoms with van der Waals surface area (Å²) >= 11 is 1.23. The van der Waals surface area contributed by atoms with Gasteiger partial charge in [-0.15, -0.1) is 10.2 Å². The molecular formula is C11H19N3O2S. The van der Waals surface area contributed by atoms with Gasteiger partial charge >= 0.3 is 5.97 Å². The molecule has 1 heterocycles. The summed E-state index contributed by atoms with van der Waals surface area (Å²) in [6.45, 7) is 6.25. The predicted octanol–water partition coefficient (Wildman–Crippen LogP) is 2.38. The molecule has 0 aliphatic rings. The summed E-state index contributed by atoms with van der Waals surface area (Å²) in [5, 5.41) is 17.6. The van der Waals surface area contributed by atoms with Crippen LogP contribution in [0.3, 0.4) is 0 Å². The Kier molecular flexibility index (Phi) is 5.47. The first-order chi connectivity index (χ1) is 8.06. The van der Waals surface area contributed by atoms with E-state index >= 15 is 0 Å². The maximum atomic E-state index is 10.6. The standard InChI is InChI=1S/C11H19N3O2S/c1-4-5-6-9-12-13-11(14(9)8(2)3)17-7-10(15)16/h8H,4-7H2,1-3H3,(H,15,16). The number of hydrogen-bond donors (Lipinski definition) is 1. The van der Waals surface area contributed by atoms with Crippen molar-refractivity contribution in [1.29, 1.82) is 0 Å². The van der Waals surface area contributed by atoms with Crippen LogP contribution >= 0.6 is 11.8 Å².